The molecule has 7 heteroatoms. The highest BCUT2D eigenvalue weighted by Gasteiger charge is 2.20. The molecule has 138 valence electrons. The average molecular weight is 362 g/mol. The molecule has 1 aliphatic heterocycles. The number of nitrogens with two attached hydrogens (primary N) is 1. The fourth-order valence-corrected chi connectivity index (χ4v) is 3.20. The normalized spacial score (nSPS) is 16.5. The van der Waals surface area contributed by atoms with E-state index in [2.05, 4.69) is 25.4 Å². The summed E-state index contributed by atoms with van der Waals surface area (Å²) in [7, 11) is 0. The van der Waals surface area contributed by atoms with Crippen molar-refractivity contribution in [2.75, 3.05) is 18.0 Å². The fourth-order valence-electron chi connectivity index (χ4n) is 3.20. The van der Waals surface area contributed by atoms with Gasteiger partial charge in [0.1, 0.15) is 11.5 Å². The van der Waals surface area contributed by atoms with Gasteiger partial charge in [-0.3, -0.25) is 9.89 Å². The quantitative estimate of drug-likeness (QED) is 0.644. The van der Waals surface area contributed by atoms with Crippen LogP contribution in [0.1, 0.15) is 22.6 Å². The number of anilines is 1. The lowest BCUT2D eigenvalue weighted by Gasteiger charge is -2.17. The SMILES string of the molecule is NC1CCN(c2cccc(CNC(=O)c3cc(-c4ccccc4)n[nH]3)n2)C1. The van der Waals surface area contributed by atoms with E-state index in [1.807, 2.05) is 48.5 Å². The zero-order chi connectivity index (χ0) is 18.6. The third-order valence-electron chi connectivity index (χ3n) is 4.66. The van der Waals surface area contributed by atoms with Crippen molar-refractivity contribution in [2.24, 2.45) is 5.73 Å². The van der Waals surface area contributed by atoms with Gasteiger partial charge < -0.3 is 16.0 Å². The number of aromatic nitrogens is 3. The van der Waals surface area contributed by atoms with Crippen LogP contribution >= 0.6 is 0 Å². The molecule has 1 aliphatic rings. The number of amides is 1. The third-order valence-corrected chi connectivity index (χ3v) is 4.66. The molecule has 3 heterocycles. The van der Waals surface area contributed by atoms with E-state index in [0.717, 1.165) is 42.3 Å². The summed E-state index contributed by atoms with van der Waals surface area (Å²) in [6.07, 6.45) is 0.978. The molecule has 7 nitrogen and oxygen atoms in total. The third kappa shape index (κ3) is 3.98. The van der Waals surface area contributed by atoms with Gasteiger partial charge in [-0.2, -0.15) is 5.10 Å². The summed E-state index contributed by atoms with van der Waals surface area (Å²) in [6.45, 7) is 2.09. The predicted molar refractivity (Wildman–Crippen MR) is 104 cm³/mol. The minimum absolute atomic E-state index is 0.203. The standard InChI is InChI=1S/C20H22N6O/c21-15-9-10-26(13-15)19-8-4-7-16(23-19)12-22-20(27)18-11-17(24-25-18)14-5-2-1-3-6-14/h1-8,11,15H,9-10,12-13,21H2,(H,22,27)(H,24,25). The topological polar surface area (TPSA) is 99.9 Å². The summed E-state index contributed by atoms with van der Waals surface area (Å²) in [5, 5.41) is 9.90. The summed E-state index contributed by atoms with van der Waals surface area (Å²) < 4.78 is 0. The number of carbonyl (C=O) groups excluding carboxylic acids is 1. The van der Waals surface area contributed by atoms with Gasteiger partial charge in [-0.15, -0.1) is 0 Å². The van der Waals surface area contributed by atoms with Gasteiger partial charge >= 0.3 is 0 Å². The first kappa shape index (κ1) is 17.2. The molecule has 1 saturated heterocycles. The summed E-state index contributed by atoms with van der Waals surface area (Å²) in [6, 6.07) is 17.5. The molecule has 3 aromatic rings. The molecular formula is C20H22N6O. The number of hydrogen-bond acceptors (Lipinski definition) is 5. The van der Waals surface area contributed by atoms with Crippen molar-refractivity contribution in [3.05, 3.63) is 66.0 Å². The number of nitrogens with one attached hydrogen (secondary N) is 2. The van der Waals surface area contributed by atoms with E-state index >= 15 is 0 Å². The second-order valence-electron chi connectivity index (χ2n) is 6.70. The number of benzene rings is 1. The highest BCUT2D eigenvalue weighted by molar-refractivity contribution is 5.93. The van der Waals surface area contributed by atoms with Crippen LogP contribution in [0.25, 0.3) is 11.3 Å². The molecule has 0 spiro atoms. The lowest BCUT2D eigenvalue weighted by atomic mass is 10.1. The Balaban J connectivity index is 1.39. The van der Waals surface area contributed by atoms with Crippen LogP contribution < -0.4 is 16.0 Å². The Bertz CT molecular complexity index is 923. The van der Waals surface area contributed by atoms with Gasteiger partial charge in [0.05, 0.1) is 17.9 Å². The molecule has 1 amide bonds. The Hall–Kier alpha value is -3.19. The van der Waals surface area contributed by atoms with Crippen LogP contribution in [0.2, 0.25) is 0 Å². The molecule has 1 unspecified atom stereocenters. The first-order valence-corrected chi connectivity index (χ1v) is 9.04. The highest BCUT2D eigenvalue weighted by atomic mass is 16.1. The monoisotopic (exact) mass is 362 g/mol. The Labute approximate surface area is 157 Å². The highest BCUT2D eigenvalue weighted by Crippen LogP contribution is 2.18. The van der Waals surface area contributed by atoms with Crippen molar-refractivity contribution in [1.29, 1.82) is 0 Å². The molecule has 1 aromatic carbocycles. The molecule has 2 aromatic heterocycles. The van der Waals surface area contributed by atoms with Gasteiger partial charge in [-0.1, -0.05) is 36.4 Å². The minimum Gasteiger partial charge on any atom is -0.355 e. The van der Waals surface area contributed by atoms with E-state index in [1.165, 1.54) is 0 Å². The first-order valence-electron chi connectivity index (χ1n) is 9.04. The van der Waals surface area contributed by atoms with Crippen LogP contribution in [-0.4, -0.2) is 40.2 Å². The summed E-state index contributed by atoms with van der Waals surface area (Å²) in [5.74, 6) is 0.697. The van der Waals surface area contributed by atoms with Crippen molar-refractivity contribution in [2.45, 2.75) is 19.0 Å². The van der Waals surface area contributed by atoms with E-state index in [9.17, 15) is 4.79 Å². The van der Waals surface area contributed by atoms with Gasteiger partial charge in [0.25, 0.3) is 5.91 Å². The second-order valence-corrected chi connectivity index (χ2v) is 6.70. The molecule has 4 N–H and O–H groups in total. The summed E-state index contributed by atoms with van der Waals surface area (Å²) >= 11 is 0. The fraction of sp³-hybridized carbons (Fsp3) is 0.250. The van der Waals surface area contributed by atoms with Gasteiger partial charge in [-0.25, -0.2) is 4.98 Å². The molecule has 27 heavy (non-hydrogen) atoms. The van der Waals surface area contributed by atoms with E-state index in [-0.39, 0.29) is 11.9 Å². The lowest BCUT2D eigenvalue weighted by molar-refractivity contribution is 0.0945. The predicted octanol–water partition coefficient (Wildman–Crippen LogP) is 1.94. The number of aromatic amines is 1. The average Bonchev–Trinajstić information content (AvgIpc) is 3.36. The van der Waals surface area contributed by atoms with E-state index in [4.69, 9.17) is 5.73 Å². The second kappa shape index (κ2) is 7.59. The van der Waals surface area contributed by atoms with Crippen LogP contribution in [0.5, 0.6) is 0 Å². The van der Waals surface area contributed by atoms with E-state index < -0.39 is 0 Å². The number of pyridine rings is 1. The van der Waals surface area contributed by atoms with Gasteiger partial charge in [0.15, 0.2) is 0 Å². The number of nitrogens with zero attached hydrogens (tertiary/aromatic N) is 3. The number of hydrogen-bond donors (Lipinski definition) is 3. The van der Waals surface area contributed by atoms with Crippen LogP contribution in [0.4, 0.5) is 5.82 Å². The van der Waals surface area contributed by atoms with Crippen molar-refractivity contribution in [3.8, 4) is 11.3 Å². The van der Waals surface area contributed by atoms with Crippen molar-refractivity contribution in [3.63, 3.8) is 0 Å². The van der Waals surface area contributed by atoms with Gasteiger partial charge in [0.2, 0.25) is 0 Å². The largest absolute Gasteiger partial charge is 0.355 e. The molecule has 1 fully saturated rings. The molecule has 0 aliphatic carbocycles. The van der Waals surface area contributed by atoms with E-state index in [1.54, 1.807) is 6.07 Å². The van der Waals surface area contributed by atoms with Crippen LogP contribution in [0.3, 0.4) is 0 Å². The molecule has 0 radical (unpaired) electrons. The number of rotatable bonds is 5. The smallest absolute Gasteiger partial charge is 0.269 e. The first-order chi connectivity index (χ1) is 13.2. The summed E-state index contributed by atoms with van der Waals surface area (Å²) in [5.41, 5.74) is 8.91. The van der Waals surface area contributed by atoms with Crippen LogP contribution in [0, 0.1) is 0 Å². The Morgan fingerprint density at radius 1 is 1.22 bits per heavy atom. The number of carbonyl (C=O) groups is 1. The lowest BCUT2D eigenvalue weighted by Crippen LogP contribution is -2.27. The molecular weight excluding hydrogens is 340 g/mol. The maximum atomic E-state index is 12.4. The zero-order valence-corrected chi connectivity index (χ0v) is 14.9. The van der Waals surface area contributed by atoms with Crippen molar-refractivity contribution in [1.82, 2.24) is 20.5 Å². The summed E-state index contributed by atoms with van der Waals surface area (Å²) in [4.78, 5) is 19.2. The molecule has 4 rings (SSSR count). The van der Waals surface area contributed by atoms with E-state index in [0.29, 0.717) is 12.2 Å². The van der Waals surface area contributed by atoms with Crippen molar-refractivity contribution < 1.29 is 4.79 Å². The molecule has 0 bridgehead atoms. The Kier molecular flexibility index (Phi) is 4.84. The van der Waals surface area contributed by atoms with Crippen molar-refractivity contribution >= 4 is 11.7 Å². The van der Waals surface area contributed by atoms with Gasteiger partial charge in [-0.05, 0) is 24.6 Å². The molecule has 1 atom stereocenters. The van der Waals surface area contributed by atoms with Gasteiger partial charge in [0, 0.05) is 24.7 Å². The maximum absolute atomic E-state index is 12.4. The number of H-pyrrole nitrogens is 1. The minimum atomic E-state index is -0.208. The van der Waals surface area contributed by atoms with Crippen LogP contribution in [-0.2, 0) is 6.54 Å². The Morgan fingerprint density at radius 3 is 2.85 bits per heavy atom. The zero-order valence-electron chi connectivity index (χ0n) is 14.9. The maximum Gasteiger partial charge on any atom is 0.269 e. The molecule has 0 saturated carbocycles. The van der Waals surface area contributed by atoms with Crippen LogP contribution in [0.15, 0.2) is 54.6 Å². The Morgan fingerprint density at radius 2 is 2.07 bits per heavy atom.